The molecule has 0 aromatic heterocycles. The summed E-state index contributed by atoms with van der Waals surface area (Å²) >= 11 is 0. The Labute approximate surface area is 209 Å². The van der Waals surface area contributed by atoms with E-state index in [1.807, 2.05) is 12.1 Å². The number of carbonyl (C=O) groups excluding carboxylic acids is 2. The summed E-state index contributed by atoms with van der Waals surface area (Å²) < 4.78 is 11.3. The number of hydrogen-bond acceptors (Lipinski definition) is 4. The van der Waals surface area contributed by atoms with E-state index < -0.39 is 0 Å². The lowest BCUT2D eigenvalue weighted by Crippen LogP contribution is -2.12. The molecule has 0 fully saturated rings. The van der Waals surface area contributed by atoms with Crippen LogP contribution in [0.5, 0.6) is 11.5 Å². The first-order chi connectivity index (χ1) is 16.6. The standard InChI is InChI=1S/C30H50O4/c1-4-7-10-12-14-16-18-21-29(31)33-27-24-23-26(20-9-6-3)25-28(27)34-30(32)22-19-17-15-13-11-8-5-2/h23-25H,4-22H2,1-3H3. The summed E-state index contributed by atoms with van der Waals surface area (Å²) in [5, 5.41) is 0. The summed E-state index contributed by atoms with van der Waals surface area (Å²) in [4.78, 5) is 24.9. The van der Waals surface area contributed by atoms with Gasteiger partial charge in [0, 0.05) is 12.8 Å². The molecule has 0 amide bonds. The van der Waals surface area contributed by atoms with E-state index in [0.717, 1.165) is 50.5 Å². The van der Waals surface area contributed by atoms with Crippen molar-refractivity contribution in [2.24, 2.45) is 0 Å². The van der Waals surface area contributed by atoms with Crippen LogP contribution < -0.4 is 9.47 Å². The Morgan fingerprint density at radius 3 is 1.50 bits per heavy atom. The Kier molecular flexibility index (Phi) is 18.2. The number of esters is 2. The largest absolute Gasteiger partial charge is 0.423 e. The van der Waals surface area contributed by atoms with Gasteiger partial charge in [-0.15, -0.1) is 0 Å². The molecule has 0 heterocycles. The molecule has 0 saturated carbocycles. The average Bonchev–Trinajstić information content (AvgIpc) is 2.83. The maximum Gasteiger partial charge on any atom is 0.311 e. The van der Waals surface area contributed by atoms with Gasteiger partial charge < -0.3 is 9.47 Å². The van der Waals surface area contributed by atoms with Crippen LogP contribution in [-0.2, 0) is 16.0 Å². The molecule has 0 radical (unpaired) electrons. The van der Waals surface area contributed by atoms with E-state index in [9.17, 15) is 9.59 Å². The molecule has 0 spiro atoms. The highest BCUT2D eigenvalue weighted by molar-refractivity contribution is 5.76. The van der Waals surface area contributed by atoms with Crippen LogP contribution in [0.25, 0.3) is 0 Å². The Balaban J connectivity index is 2.53. The van der Waals surface area contributed by atoms with Crippen LogP contribution >= 0.6 is 0 Å². The summed E-state index contributed by atoms with van der Waals surface area (Å²) in [6.45, 7) is 6.59. The third-order valence-corrected chi connectivity index (χ3v) is 6.24. The van der Waals surface area contributed by atoms with Gasteiger partial charge in [-0.1, -0.05) is 110 Å². The first kappa shape index (κ1) is 30.2. The lowest BCUT2D eigenvalue weighted by Gasteiger charge is -2.12. The van der Waals surface area contributed by atoms with Gasteiger partial charge in [0.15, 0.2) is 11.5 Å². The van der Waals surface area contributed by atoms with E-state index >= 15 is 0 Å². The Morgan fingerprint density at radius 1 is 0.559 bits per heavy atom. The van der Waals surface area contributed by atoms with Gasteiger partial charge in [0.2, 0.25) is 0 Å². The predicted molar refractivity (Wildman–Crippen MR) is 142 cm³/mol. The highest BCUT2D eigenvalue weighted by atomic mass is 16.6. The number of rotatable bonds is 21. The Bertz CT molecular complexity index is 668. The number of hydrogen-bond donors (Lipinski definition) is 0. The van der Waals surface area contributed by atoms with Gasteiger partial charge in [-0.05, 0) is 43.4 Å². The summed E-state index contributed by atoms with van der Waals surface area (Å²) in [5.41, 5.74) is 1.10. The molecule has 0 saturated heterocycles. The average molecular weight is 475 g/mol. The van der Waals surface area contributed by atoms with Crippen LogP contribution in [0.2, 0.25) is 0 Å². The van der Waals surface area contributed by atoms with Crippen LogP contribution in [0.15, 0.2) is 18.2 Å². The molecule has 0 aliphatic carbocycles. The molecule has 1 aromatic carbocycles. The molecule has 0 aliphatic heterocycles. The normalized spacial score (nSPS) is 10.9. The van der Waals surface area contributed by atoms with Crippen molar-refractivity contribution in [2.45, 2.75) is 143 Å². The molecule has 0 atom stereocenters. The third kappa shape index (κ3) is 15.1. The molecule has 0 bridgehead atoms. The zero-order chi connectivity index (χ0) is 24.9. The van der Waals surface area contributed by atoms with Gasteiger partial charge >= 0.3 is 11.9 Å². The highest BCUT2D eigenvalue weighted by Gasteiger charge is 2.15. The molecule has 0 aliphatic rings. The zero-order valence-corrected chi connectivity index (χ0v) is 22.3. The predicted octanol–water partition coefficient (Wildman–Crippen LogP) is 9.12. The second-order valence-corrected chi connectivity index (χ2v) is 9.58. The smallest absolute Gasteiger partial charge is 0.311 e. The summed E-state index contributed by atoms with van der Waals surface area (Å²) in [6.07, 6.45) is 20.1. The fraction of sp³-hybridized carbons (Fsp3) is 0.733. The molecular formula is C30H50O4. The van der Waals surface area contributed by atoms with Crippen molar-refractivity contribution in [3.63, 3.8) is 0 Å². The maximum atomic E-state index is 12.5. The summed E-state index contributed by atoms with van der Waals surface area (Å²) in [5.74, 6) is 0.250. The minimum atomic E-state index is -0.251. The SMILES string of the molecule is CCCCCCCCCC(=O)Oc1ccc(CCCC)cc1OC(=O)CCCCCCCCC. The molecule has 0 N–H and O–H groups in total. The summed E-state index contributed by atoms with van der Waals surface area (Å²) in [6, 6.07) is 5.62. The lowest BCUT2D eigenvalue weighted by atomic mass is 10.1. The van der Waals surface area contributed by atoms with Crippen LogP contribution in [0.4, 0.5) is 0 Å². The van der Waals surface area contributed by atoms with Crippen LogP contribution in [0, 0.1) is 0 Å². The van der Waals surface area contributed by atoms with E-state index in [1.165, 1.54) is 64.2 Å². The Hall–Kier alpha value is -1.84. The first-order valence-electron chi connectivity index (χ1n) is 14.1. The number of unbranched alkanes of at least 4 members (excludes halogenated alkanes) is 13. The molecule has 0 unspecified atom stereocenters. The fourth-order valence-electron chi connectivity index (χ4n) is 4.05. The fourth-order valence-corrected chi connectivity index (χ4v) is 4.05. The number of benzene rings is 1. The van der Waals surface area contributed by atoms with E-state index in [4.69, 9.17) is 9.47 Å². The molecule has 4 heteroatoms. The molecule has 194 valence electrons. The van der Waals surface area contributed by atoms with Gasteiger partial charge in [0.25, 0.3) is 0 Å². The van der Waals surface area contributed by atoms with Crippen molar-refractivity contribution >= 4 is 11.9 Å². The second kappa shape index (κ2) is 20.5. The van der Waals surface area contributed by atoms with Gasteiger partial charge in [0.1, 0.15) is 0 Å². The minimum Gasteiger partial charge on any atom is -0.423 e. The zero-order valence-electron chi connectivity index (χ0n) is 22.3. The van der Waals surface area contributed by atoms with Gasteiger partial charge in [-0.25, -0.2) is 0 Å². The Morgan fingerprint density at radius 2 is 1.00 bits per heavy atom. The third-order valence-electron chi connectivity index (χ3n) is 6.24. The van der Waals surface area contributed by atoms with Crippen LogP contribution in [0.1, 0.15) is 142 Å². The minimum absolute atomic E-state index is 0.245. The number of ether oxygens (including phenoxy) is 2. The van der Waals surface area contributed by atoms with E-state index in [0.29, 0.717) is 24.3 Å². The molecule has 1 aromatic rings. The molecular weight excluding hydrogens is 424 g/mol. The van der Waals surface area contributed by atoms with Crippen LogP contribution in [0.3, 0.4) is 0 Å². The topological polar surface area (TPSA) is 52.6 Å². The maximum absolute atomic E-state index is 12.5. The quantitative estimate of drug-likeness (QED) is 0.101. The van der Waals surface area contributed by atoms with Crippen molar-refractivity contribution in [1.82, 2.24) is 0 Å². The van der Waals surface area contributed by atoms with Gasteiger partial charge in [-0.3, -0.25) is 9.59 Å². The van der Waals surface area contributed by atoms with E-state index in [2.05, 4.69) is 20.8 Å². The van der Waals surface area contributed by atoms with Crippen molar-refractivity contribution in [3.05, 3.63) is 23.8 Å². The highest BCUT2D eigenvalue weighted by Crippen LogP contribution is 2.30. The van der Waals surface area contributed by atoms with E-state index in [1.54, 1.807) is 6.07 Å². The van der Waals surface area contributed by atoms with E-state index in [-0.39, 0.29) is 11.9 Å². The van der Waals surface area contributed by atoms with Crippen molar-refractivity contribution in [3.8, 4) is 11.5 Å². The lowest BCUT2D eigenvalue weighted by molar-refractivity contribution is -0.137. The molecule has 1 rings (SSSR count). The number of carbonyl (C=O) groups is 2. The first-order valence-corrected chi connectivity index (χ1v) is 14.1. The summed E-state index contributed by atoms with van der Waals surface area (Å²) in [7, 11) is 0. The van der Waals surface area contributed by atoms with Crippen molar-refractivity contribution in [1.29, 1.82) is 0 Å². The van der Waals surface area contributed by atoms with Gasteiger partial charge in [-0.2, -0.15) is 0 Å². The second-order valence-electron chi connectivity index (χ2n) is 9.58. The number of aryl methyl sites for hydroxylation is 1. The molecule has 34 heavy (non-hydrogen) atoms. The monoisotopic (exact) mass is 474 g/mol. The van der Waals surface area contributed by atoms with Crippen molar-refractivity contribution < 1.29 is 19.1 Å². The van der Waals surface area contributed by atoms with Crippen LogP contribution in [-0.4, -0.2) is 11.9 Å². The van der Waals surface area contributed by atoms with Gasteiger partial charge in [0.05, 0.1) is 0 Å². The molecule has 4 nitrogen and oxygen atoms in total. The van der Waals surface area contributed by atoms with Crippen molar-refractivity contribution in [2.75, 3.05) is 0 Å².